The van der Waals surface area contributed by atoms with E-state index < -0.39 is 46.7 Å². The summed E-state index contributed by atoms with van der Waals surface area (Å²) < 4.78 is 101. The first kappa shape index (κ1) is 54.3. The van der Waals surface area contributed by atoms with Crippen molar-refractivity contribution in [2.45, 2.75) is 32.4 Å². The molecule has 0 saturated heterocycles. The molecule has 8 rings (SSSR count). The lowest BCUT2D eigenvalue weighted by Gasteiger charge is -2.12. The van der Waals surface area contributed by atoms with Crippen molar-refractivity contribution in [2.75, 3.05) is 16.0 Å². The maximum atomic E-state index is 13.1. The lowest BCUT2D eigenvalue weighted by molar-refractivity contribution is -0.275. The Hall–Kier alpha value is -6.02. The second-order valence-corrected chi connectivity index (χ2v) is 17.7. The van der Waals surface area contributed by atoms with E-state index in [1.807, 2.05) is 0 Å². The number of nitrogens with one attached hydrogen (secondary N) is 1. The van der Waals surface area contributed by atoms with Gasteiger partial charge in [0.05, 0.1) is 13.1 Å². The number of rotatable bonds is 13. The van der Waals surface area contributed by atoms with Crippen LogP contribution < -0.4 is 41.4 Å². The molecule has 27 heteroatoms. The van der Waals surface area contributed by atoms with Crippen molar-refractivity contribution in [3.8, 4) is 35.0 Å². The van der Waals surface area contributed by atoms with Crippen molar-refractivity contribution < 1.29 is 45.3 Å². The topological polar surface area (TPSA) is 171 Å². The van der Waals surface area contributed by atoms with Gasteiger partial charge in [0, 0.05) is 58.8 Å². The van der Waals surface area contributed by atoms with Crippen LogP contribution >= 0.6 is 71.0 Å². The molecule has 0 radical (unpaired) electrons. The van der Waals surface area contributed by atoms with Crippen molar-refractivity contribution in [1.82, 2.24) is 37.8 Å². The highest BCUT2D eigenvalue weighted by atomic mass is 79.9. The molecule has 0 unspecified atom stereocenters. The Morgan fingerprint density at radius 3 is 1.46 bits per heavy atom. The van der Waals surface area contributed by atoms with Gasteiger partial charge in [-0.05, 0) is 59.7 Å². The lowest BCUT2D eigenvalue weighted by atomic mass is 10.2. The molecule has 0 fully saturated rings. The summed E-state index contributed by atoms with van der Waals surface area (Å²) in [5.74, 6) is -0.994. The van der Waals surface area contributed by atoms with Crippen LogP contribution in [0.25, 0.3) is 22.3 Å². The number of hydrogen-bond acceptors (Lipinski definition) is 10. The number of ether oxygens (including phenoxy) is 4. The van der Waals surface area contributed by atoms with E-state index in [2.05, 4.69) is 72.2 Å². The van der Waals surface area contributed by atoms with Gasteiger partial charge in [-0.3, -0.25) is 37.4 Å². The molecule has 71 heavy (non-hydrogen) atoms. The molecule has 4 heterocycles. The van der Waals surface area contributed by atoms with Gasteiger partial charge in [0.15, 0.2) is 22.3 Å². The minimum absolute atomic E-state index is 0.00868. The van der Waals surface area contributed by atoms with Gasteiger partial charge in [-0.2, -0.15) is 9.97 Å². The number of aryl methyl sites for hydroxylation is 1. The highest BCUT2D eigenvalue weighted by molar-refractivity contribution is 9.12. The summed E-state index contributed by atoms with van der Waals surface area (Å²) in [7, 11) is 2.66. The zero-order valence-corrected chi connectivity index (χ0v) is 42.8. The largest absolute Gasteiger partial charge is 0.573 e. The molecule has 376 valence electrons. The molecule has 0 saturated carbocycles. The number of H-pyrrole nitrogens is 1. The number of halogens is 11. The van der Waals surface area contributed by atoms with Crippen molar-refractivity contribution in [3.05, 3.63) is 160 Å². The molecule has 8 aromatic rings. The van der Waals surface area contributed by atoms with Crippen molar-refractivity contribution in [1.29, 1.82) is 0 Å². The predicted octanol–water partition coefficient (Wildman–Crippen LogP) is 10.3. The molecule has 0 atom stereocenters. The van der Waals surface area contributed by atoms with Crippen LogP contribution in [0.2, 0.25) is 10.0 Å². The Morgan fingerprint density at radius 1 is 0.577 bits per heavy atom. The zero-order valence-electron chi connectivity index (χ0n) is 36.5. The summed E-state index contributed by atoms with van der Waals surface area (Å²) in [6.45, 7) is 0.447. The maximum absolute atomic E-state index is 13.1. The number of alkyl halides is 9. The van der Waals surface area contributed by atoms with Crippen LogP contribution in [0.15, 0.2) is 116 Å². The van der Waals surface area contributed by atoms with Gasteiger partial charge in [-0.1, -0.05) is 107 Å². The third-order valence-corrected chi connectivity index (χ3v) is 12.3. The fourth-order valence-corrected chi connectivity index (χ4v) is 7.08. The van der Waals surface area contributed by atoms with Crippen LogP contribution in [0.3, 0.4) is 0 Å². The first-order valence-electron chi connectivity index (χ1n) is 20.2. The minimum atomic E-state index is -4.88. The molecule has 1 N–H and O–H groups in total. The molecule has 4 aromatic heterocycles. The van der Waals surface area contributed by atoms with E-state index >= 15 is 0 Å². The first-order chi connectivity index (χ1) is 33.6. The lowest BCUT2D eigenvalue weighted by Crippen LogP contribution is -2.39. The molecule has 0 aliphatic rings. The normalized spacial score (nSPS) is 11.5. The molecule has 16 nitrogen and oxygen atoms in total. The van der Waals surface area contributed by atoms with E-state index in [1.165, 1.54) is 52.1 Å². The number of aromatic amines is 1. The quantitative estimate of drug-likeness (QED) is 0.0865. The average molecular weight is 1230 g/mol. The summed E-state index contributed by atoms with van der Waals surface area (Å²) in [6, 6.07) is 23.2. The molecule has 0 bridgehead atoms. The SMILES string of the molecule is BrCCBr.Cn1c(=O)[nH]c2nc(Oc3cccc(OC(F)(F)F)c3)n(Cc3ccc(Cl)cc3)c2c1=O.Cn1c(=O)c2c(nc(Oc3cccc(OC(F)(F)F)c3)n2Cc2ccc(Cl)cc2)n(CCBr)c1=O. The van der Waals surface area contributed by atoms with Crippen molar-refractivity contribution in [2.24, 2.45) is 14.1 Å². The smallest absolute Gasteiger partial charge is 0.425 e. The second-order valence-electron chi connectivity index (χ2n) is 14.5. The van der Waals surface area contributed by atoms with Crippen LogP contribution in [0.4, 0.5) is 26.3 Å². The maximum Gasteiger partial charge on any atom is 0.573 e. The van der Waals surface area contributed by atoms with Crippen LogP contribution in [0.1, 0.15) is 11.1 Å². The number of benzene rings is 4. The molecule has 0 amide bonds. The van der Waals surface area contributed by atoms with Gasteiger partial charge >= 0.3 is 36.1 Å². The first-order valence-corrected chi connectivity index (χ1v) is 24.3. The van der Waals surface area contributed by atoms with Crippen LogP contribution in [-0.4, -0.2) is 66.5 Å². The number of fused-ring (bicyclic) bond motifs is 2. The number of aromatic nitrogens is 8. The summed E-state index contributed by atoms with van der Waals surface area (Å²) in [5.41, 5.74) is -0.755. The van der Waals surface area contributed by atoms with Gasteiger partial charge < -0.3 is 18.9 Å². The Balaban J connectivity index is 0.000000217. The molecular weight excluding hydrogens is 1190 g/mol. The van der Waals surface area contributed by atoms with Crippen LogP contribution in [-0.2, 0) is 33.7 Å². The Labute approximate surface area is 431 Å². The number of imidazole rings is 2. The van der Waals surface area contributed by atoms with E-state index in [1.54, 1.807) is 48.5 Å². The molecule has 0 aliphatic heterocycles. The van der Waals surface area contributed by atoms with Gasteiger partial charge in [0.25, 0.3) is 11.1 Å². The van der Waals surface area contributed by atoms with Crippen LogP contribution in [0.5, 0.6) is 35.0 Å². The van der Waals surface area contributed by atoms with Crippen molar-refractivity contribution in [3.63, 3.8) is 0 Å². The van der Waals surface area contributed by atoms with E-state index in [9.17, 15) is 45.5 Å². The summed E-state index contributed by atoms with van der Waals surface area (Å²) >= 11 is 21.6. The fraction of sp³-hybridized carbons (Fsp3) is 0.227. The van der Waals surface area contributed by atoms with Gasteiger partial charge in [-0.25, -0.2) is 9.59 Å². The predicted molar refractivity (Wildman–Crippen MR) is 264 cm³/mol. The summed E-state index contributed by atoms with van der Waals surface area (Å²) in [6.07, 6.45) is -9.75. The molecule has 4 aromatic carbocycles. The Bertz CT molecular complexity index is 3400. The van der Waals surface area contributed by atoms with Crippen LogP contribution in [0, 0.1) is 0 Å². The van der Waals surface area contributed by atoms with E-state index in [4.69, 9.17) is 32.7 Å². The molecule has 0 spiro atoms. The highest BCUT2D eigenvalue weighted by Crippen LogP contribution is 2.32. The highest BCUT2D eigenvalue weighted by Gasteiger charge is 2.32. The Kier molecular flexibility index (Phi) is 18.0. The van der Waals surface area contributed by atoms with Gasteiger partial charge in [0.2, 0.25) is 0 Å². The minimum Gasteiger partial charge on any atom is -0.425 e. The average Bonchev–Trinajstić information content (AvgIpc) is 3.83. The number of nitrogens with zero attached hydrogens (tertiary/aromatic N) is 7. The zero-order chi connectivity index (χ0) is 51.8. The van der Waals surface area contributed by atoms with E-state index in [0.29, 0.717) is 15.4 Å². The monoisotopic (exact) mass is 1220 g/mol. The molecule has 0 aliphatic carbocycles. The standard InChI is InChI=1S/C22H17BrClF3N4O4.C20H14ClF3N4O4.C2H4Br2/c1-29-19(32)17-18(30(10-9-23)21(29)33)28-20(31(17)12-13-5-7-14(24)8-6-13)34-15-3-2-4-16(11-15)35-22(25,26)27;1-27-17(29)15-16(25-18(27)30)26-19(28(15)10-11-5-7-12(21)8-6-11)31-13-3-2-4-14(9-13)32-20(22,23)24;3-1-2-4/h2-8,11H,9-10,12H2,1H3;2-9H,10H2,1H3,(H,25,30);1-2H2. The Morgan fingerprint density at radius 2 is 1.01 bits per heavy atom. The summed E-state index contributed by atoms with van der Waals surface area (Å²) in [4.78, 5) is 61.6. The molecular formula is C44H35Br3Cl2F6N8O8. The summed E-state index contributed by atoms with van der Waals surface area (Å²) in [5, 5.41) is 3.55. The van der Waals surface area contributed by atoms with E-state index in [-0.39, 0.29) is 65.5 Å². The third-order valence-electron chi connectivity index (χ3n) is 9.55. The van der Waals surface area contributed by atoms with Gasteiger partial charge in [-0.15, -0.1) is 26.3 Å². The van der Waals surface area contributed by atoms with Crippen molar-refractivity contribution >= 4 is 93.3 Å². The fourth-order valence-electron chi connectivity index (χ4n) is 6.47. The number of hydrogen-bond donors (Lipinski definition) is 1. The third kappa shape index (κ3) is 14.1. The second kappa shape index (κ2) is 23.5. The van der Waals surface area contributed by atoms with E-state index in [0.717, 1.165) is 55.2 Å². The van der Waals surface area contributed by atoms with Gasteiger partial charge in [0.1, 0.15) is 23.0 Å².